The molecule has 1 heterocycles. The van der Waals surface area contributed by atoms with Crippen LogP contribution in [0, 0.1) is 0 Å². The van der Waals surface area contributed by atoms with Crippen LogP contribution in [-0.4, -0.2) is 50.3 Å². The number of urea groups is 1. The maximum absolute atomic E-state index is 12.8. The molecule has 31 heavy (non-hydrogen) atoms. The second kappa shape index (κ2) is 10.7. The third-order valence-corrected chi connectivity index (χ3v) is 5.01. The fourth-order valence-electron chi connectivity index (χ4n) is 3.43. The molecule has 166 valence electrons. The highest BCUT2D eigenvalue weighted by molar-refractivity contribution is 6.00. The molecule has 1 atom stereocenters. The molecule has 2 N–H and O–H groups in total. The number of hydrogen-bond acceptors (Lipinski definition) is 5. The summed E-state index contributed by atoms with van der Waals surface area (Å²) in [5.74, 6) is 1.29. The summed E-state index contributed by atoms with van der Waals surface area (Å²) < 4.78 is 16.3. The molecular weight excluding hydrogens is 398 g/mol. The number of carbonyl (C=O) groups excluding carboxylic acids is 2. The van der Waals surface area contributed by atoms with Gasteiger partial charge in [-0.1, -0.05) is 13.0 Å². The predicted molar refractivity (Wildman–Crippen MR) is 119 cm³/mol. The van der Waals surface area contributed by atoms with Crippen molar-refractivity contribution < 1.29 is 23.8 Å². The summed E-state index contributed by atoms with van der Waals surface area (Å²) in [7, 11) is 3.22. The van der Waals surface area contributed by atoms with Crippen LogP contribution in [0.5, 0.6) is 11.5 Å². The number of carbonyl (C=O) groups is 2. The Labute approximate surface area is 182 Å². The van der Waals surface area contributed by atoms with Gasteiger partial charge >= 0.3 is 6.03 Å². The lowest BCUT2D eigenvalue weighted by Crippen LogP contribution is -2.40. The third-order valence-electron chi connectivity index (χ3n) is 5.01. The van der Waals surface area contributed by atoms with Crippen LogP contribution in [0.3, 0.4) is 0 Å². The van der Waals surface area contributed by atoms with Crippen molar-refractivity contribution in [3.63, 3.8) is 0 Å². The zero-order valence-electron chi connectivity index (χ0n) is 18.1. The molecule has 1 aliphatic heterocycles. The van der Waals surface area contributed by atoms with Crippen molar-refractivity contribution in [2.75, 3.05) is 38.0 Å². The van der Waals surface area contributed by atoms with E-state index in [1.807, 2.05) is 13.0 Å². The van der Waals surface area contributed by atoms with Gasteiger partial charge in [-0.2, -0.15) is 0 Å². The topological polar surface area (TPSA) is 89.1 Å². The molecule has 0 radical (unpaired) electrons. The van der Waals surface area contributed by atoms with Gasteiger partial charge in [0.2, 0.25) is 0 Å². The van der Waals surface area contributed by atoms with Gasteiger partial charge in [-0.05, 0) is 43.2 Å². The molecule has 3 amide bonds. The van der Waals surface area contributed by atoms with Crippen molar-refractivity contribution in [2.45, 2.75) is 32.4 Å². The minimum atomic E-state index is -0.515. The van der Waals surface area contributed by atoms with Gasteiger partial charge in [0.05, 0.1) is 7.11 Å². The number of anilines is 2. The molecule has 0 fully saturated rings. The SMILES string of the molecule is CCC1Oc2ccc(NC(=O)Nc3cccc(OC)c3)cc2CN(CCCOC)C1=O. The first kappa shape index (κ1) is 22.4. The lowest BCUT2D eigenvalue weighted by molar-refractivity contribution is -0.138. The van der Waals surface area contributed by atoms with Crippen LogP contribution in [0.1, 0.15) is 25.3 Å². The van der Waals surface area contributed by atoms with Gasteiger partial charge in [0, 0.05) is 49.8 Å². The fourth-order valence-corrected chi connectivity index (χ4v) is 3.43. The van der Waals surface area contributed by atoms with E-state index in [2.05, 4.69) is 10.6 Å². The Morgan fingerprint density at radius 2 is 1.94 bits per heavy atom. The molecule has 0 spiro atoms. The Balaban J connectivity index is 1.72. The Morgan fingerprint density at radius 1 is 1.16 bits per heavy atom. The van der Waals surface area contributed by atoms with Crippen LogP contribution >= 0.6 is 0 Å². The van der Waals surface area contributed by atoms with Gasteiger partial charge in [-0.3, -0.25) is 4.79 Å². The van der Waals surface area contributed by atoms with Crippen molar-refractivity contribution in [3.8, 4) is 11.5 Å². The average Bonchev–Trinajstić information content (AvgIpc) is 2.90. The van der Waals surface area contributed by atoms with Gasteiger partial charge in [-0.25, -0.2) is 4.79 Å². The largest absolute Gasteiger partial charge is 0.497 e. The molecule has 2 aromatic carbocycles. The first-order chi connectivity index (χ1) is 15.0. The maximum Gasteiger partial charge on any atom is 0.323 e. The van der Waals surface area contributed by atoms with E-state index in [4.69, 9.17) is 14.2 Å². The highest BCUT2D eigenvalue weighted by atomic mass is 16.5. The van der Waals surface area contributed by atoms with E-state index in [0.29, 0.717) is 49.0 Å². The minimum Gasteiger partial charge on any atom is -0.497 e. The van der Waals surface area contributed by atoms with Gasteiger partial charge in [0.25, 0.3) is 5.91 Å². The van der Waals surface area contributed by atoms with Crippen molar-refractivity contribution in [1.82, 2.24) is 4.90 Å². The Hall–Kier alpha value is -3.26. The molecule has 1 aliphatic rings. The highest BCUT2D eigenvalue weighted by Gasteiger charge is 2.29. The molecule has 0 saturated carbocycles. The van der Waals surface area contributed by atoms with Crippen LogP contribution in [0.2, 0.25) is 0 Å². The average molecular weight is 428 g/mol. The van der Waals surface area contributed by atoms with Gasteiger partial charge in [0.1, 0.15) is 11.5 Å². The van der Waals surface area contributed by atoms with Crippen molar-refractivity contribution >= 4 is 23.3 Å². The zero-order chi connectivity index (χ0) is 22.2. The fraction of sp³-hybridized carbons (Fsp3) is 0.391. The summed E-state index contributed by atoms with van der Waals surface area (Å²) in [5.41, 5.74) is 2.08. The summed E-state index contributed by atoms with van der Waals surface area (Å²) in [6.45, 7) is 3.52. The number of hydrogen-bond donors (Lipinski definition) is 2. The lowest BCUT2D eigenvalue weighted by atomic mass is 10.1. The Morgan fingerprint density at radius 3 is 2.65 bits per heavy atom. The van der Waals surface area contributed by atoms with E-state index in [-0.39, 0.29) is 11.9 Å². The molecule has 0 aromatic heterocycles. The summed E-state index contributed by atoms with van der Waals surface area (Å²) in [4.78, 5) is 27.1. The van der Waals surface area contributed by atoms with E-state index >= 15 is 0 Å². The third kappa shape index (κ3) is 5.88. The molecule has 3 rings (SSSR count). The van der Waals surface area contributed by atoms with Crippen LogP contribution in [0.4, 0.5) is 16.2 Å². The van der Waals surface area contributed by atoms with Crippen molar-refractivity contribution in [2.24, 2.45) is 0 Å². The monoisotopic (exact) mass is 427 g/mol. The van der Waals surface area contributed by atoms with Gasteiger partial charge in [0.15, 0.2) is 6.10 Å². The number of benzene rings is 2. The molecular formula is C23H29N3O5. The molecule has 0 saturated heterocycles. The summed E-state index contributed by atoms with van der Waals surface area (Å²) in [5, 5.41) is 5.62. The second-order valence-corrected chi connectivity index (χ2v) is 7.25. The molecule has 2 aromatic rings. The lowest BCUT2D eigenvalue weighted by Gasteiger charge is -2.23. The number of nitrogens with one attached hydrogen (secondary N) is 2. The van der Waals surface area contributed by atoms with Crippen LogP contribution < -0.4 is 20.1 Å². The first-order valence-corrected chi connectivity index (χ1v) is 10.3. The number of nitrogens with zero attached hydrogens (tertiary/aromatic N) is 1. The van der Waals surface area contributed by atoms with E-state index in [1.54, 1.807) is 55.5 Å². The second-order valence-electron chi connectivity index (χ2n) is 7.25. The normalized spacial score (nSPS) is 15.5. The molecule has 8 heteroatoms. The van der Waals surface area contributed by atoms with Crippen molar-refractivity contribution in [1.29, 1.82) is 0 Å². The number of fused-ring (bicyclic) bond motifs is 1. The van der Waals surface area contributed by atoms with Crippen LogP contribution in [0.15, 0.2) is 42.5 Å². The first-order valence-electron chi connectivity index (χ1n) is 10.3. The van der Waals surface area contributed by atoms with Crippen LogP contribution in [-0.2, 0) is 16.1 Å². The standard InChI is InChI=1S/C23H29N3O5/c1-4-20-22(27)26(11-6-12-29-2)15-16-13-18(9-10-21(16)31-20)25-23(28)24-17-7-5-8-19(14-17)30-3/h5,7-10,13-14,20H,4,6,11-12,15H2,1-3H3,(H2,24,25,28). The van der Waals surface area contributed by atoms with Gasteiger partial charge in [-0.15, -0.1) is 0 Å². The van der Waals surface area contributed by atoms with Crippen molar-refractivity contribution in [3.05, 3.63) is 48.0 Å². The van der Waals surface area contributed by atoms with Crippen LogP contribution in [0.25, 0.3) is 0 Å². The Kier molecular flexibility index (Phi) is 7.72. The van der Waals surface area contributed by atoms with Gasteiger partial charge < -0.3 is 29.7 Å². The smallest absolute Gasteiger partial charge is 0.323 e. The van der Waals surface area contributed by atoms with E-state index in [0.717, 1.165) is 12.0 Å². The predicted octanol–water partition coefficient (Wildman–Crippen LogP) is 3.88. The molecule has 0 aliphatic carbocycles. The molecule has 1 unspecified atom stereocenters. The zero-order valence-corrected chi connectivity index (χ0v) is 18.1. The highest BCUT2D eigenvalue weighted by Crippen LogP contribution is 2.29. The molecule has 8 nitrogen and oxygen atoms in total. The maximum atomic E-state index is 12.8. The minimum absolute atomic E-state index is 0.0277. The van der Waals surface area contributed by atoms with E-state index < -0.39 is 6.10 Å². The number of amides is 3. The number of rotatable bonds is 8. The number of ether oxygens (including phenoxy) is 3. The quantitative estimate of drug-likeness (QED) is 0.624. The summed E-state index contributed by atoms with van der Waals surface area (Å²) in [6.07, 6.45) is 0.815. The summed E-state index contributed by atoms with van der Waals surface area (Å²) >= 11 is 0. The van der Waals surface area contributed by atoms with E-state index in [1.165, 1.54) is 0 Å². The molecule has 0 bridgehead atoms. The summed E-state index contributed by atoms with van der Waals surface area (Å²) in [6, 6.07) is 12.1. The number of methoxy groups -OCH3 is 2. The Bertz CT molecular complexity index is 918. The van der Waals surface area contributed by atoms with E-state index in [9.17, 15) is 9.59 Å².